The number of nitro groups is 1. The van der Waals surface area contributed by atoms with Crippen molar-refractivity contribution >= 4 is 25.4 Å². The average Bonchev–Trinajstić information content (AvgIpc) is 2.12. The first-order valence-corrected chi connectivity index (χ1v) is 6.62. The first-order chi connectivity index (χ1) is 8.12. The largest absolute Gasteiger partial charge is 0.435 e. The minimum Gasteiger partial charge on any atom is -0.435 e. The summed E-state index contributed by atoms with van der Waals surface area (Å²) in [5.41, 5.74) is -1.07. The lowest BCUT2D eigenvalue weighted by atomic mass is 10.2. The topological polar surface area (TPSA) is 86.5 Å². The van der Waals surface area contributed by atoms with Crippen LogP contribution < -0.4 is 4.74 Å². The van der Waals surface area contributed by atoms with E-state index in [1.165, 1.54) is 6.92 Å². The second-order valence-corrected chi connectivity index (χ2v) is 5.66. The first-order valence-electron chi connectivity index (χ1n) is 4.31. The SMILES string of the molecule is Cc1cc(OC(F)F)cc([N+](=O)[O-])c1S(=O)(=O)Cl. The van der Waals surface area contributed by atoms with Crippen LogP contribution in [0.5, 0.6) is 5.75 Å². The molecule has 0 spiro atoms. The van der Waals surface area contributed by atoms with Crippen LogP contribution in [0.2, 0.25) is 0 Å². The summed E-state index contributed by atoms with van der Waals surface area (Å²) in [5.74, 6) is -0.515. The van der Waals surface area contributed by atoms with Gasteiger partial charge in [0.2, 0.25) is 0 Å². The smallest absolute Gasteiger partial charge is 0.387 e. The molecule has 0 aliphatic rings. The van der Waals surface area contributed by atoms with Crippen LogP contribution in [-0.4, -0.2) is 20.0 Å². The van der Waals surface area contributed by atoms with E-state index >= 15 is 0 Å². The molecule has 0 saturated carbocycles. The molecule has 100 valence electrons. The molecule has 0 amide bonds. The van der Waals surface area contributed by atoms with E-state index in [1.54, 1.807) is 0 Å². The van der Waals surface area contributed by atoms with Gasteiger partial charge in [-0.15, -0.1) is 0 Å². The Balaban J connectivity index is 3.51. The number of benzene rings is 1. The van der Waals surface area contributed by atoms with Gasteiger partial charge in [-0.1, -0.05) is 0 Å². The fourth-order valence-corrected chi connectivity index (χ4v) is 2.78. The van der Waals surface area contributed by atoms with Gasteiger partial charge in [-0.25, -0.2) is 8.42 Å². The predicted molar refractivity (Wildman–Crippen MR) is 57.5 cm³/mol. The van der Waals surface area contributed by atoms with E-state index in [9.17, 15) is 27.3 Å². The van der Waals surface area contributed by atoms with Crippen molar-refractivity contribution in [1.29, 1.82) is 0 Å². The number of hydrogen-bond donors (Lipinski definition) is 0. The van der Waals surface area contributed by atoms with Crippen LogP contribution in [0.3, 0.4) is 0 Å². The van der Waals surface area contributed by atoms with Crippen LogP contribution in [0.15, 0.2) is 17.0 Å². The first kappa shape index (κ1) is 14.6. The van der Waals surface area contributed by atoms with Crippen molar-refractivity contribution in [3.8, 4) is 5.75 Å². The maximum Gasteiger partial charge on any atom is 0.387 e. The molecular formula is C8H6ClF2NO5S. The minimum absolute atomic E-state index is 0.158. The van der Waals surface area contributed by atoms with Gasteiger partial charge >= 0.3 is 6.61 Å². The Hall–Kier alpha value is -1.48. The normalized spacial score (nSPS) is 11.6. The molecule has 0 aromatic heterocycles. The molecule has 18 heavy (non-hydrogen) atoms. The molecule has 1 rings (SSSR count). The maximum atomic E-state index is 12.0. The summed E-state index contributed by atoms with van der Waals surface area (Å²) < 4.78 is 50.3. The van der Waals surface area contributed by atoms with Crippen molar-refractivity contribution in [3.05, 3.63) is 27.8 Å². The van der Waals surface area contributed by atoms with Crippen LogP contribution in [0.4, 0.5) is 14.5 Å². The fourth-order valence-electron chi connectivity index (χ4n) is 1.35. The number of nitro benzene ring substituents is 1. The standard InChI is InChI=1S/C8H6ClF2NO5S/c1-4-2-5(17-8(10)11)3-6(12(13)14)7(4)18(9,15)16/h2-3,8H,1H3. The van der Waals surface area contributed by atoms with E-state index in [1.807, 2.05) is 0 Å². The van der Waals surface area contributed by atoms with Crippen molar-refractivity contribution < 1.29 is 26.9 Å². The molecule has 0 unspecified atom stereocenters. The number of hydrogen-bond acceptors (Lipinski definition) is 5. The lowest BCUT2D eigenvalue weighted by molar-refractivity contribution is -0.388. The lowest BCUT2D eigenvalue weighted by Gasteiger charge is -2.08. The van der Waals surface area contributed by atoms with Crippen molar-refractivity contribution in [2.45, 2.75) is 18.4 Å². The quantitative estimate of drug-likeness (QED) is 0.484. The summed E-state index contributed by atoms with van der Waals surface area (Å²) in [5, 5.41) is 10.7. The van der Waals surface area contributed by atoms with Gasteiger partial charge in [-0.05, 0) is 18.6 Å². The summed E-state index contributed by atoms with van der Waals surface area (Å²) in [6.07, 6.45) is 0. The number of nitrogens with zero attached hydrogens (tertiary/aromatic N) is 1. The Labute approximate surface area is 105 Å². The van der Waals surface area contributed by atoms with Gasteiger partial charge in [-0.2, -0.15) is 8.78 Å². The summed E-state index contributed by atoms with van der Waals surface area (Å²) in [6.45, 7) is -2.00. The third-order valence-corrected chi connectivity index (χ3v) is 3.38. The van der Waals surface area contributed by atoms with Gasteiger partial charge in [0.1, 0.15) is 5.75 Å². The predicted octanol–water partition coefficient (Wildman–Crippen LogP) is 2.43. The number of ether oxygens (including phenoxy) is 1. The monoisotopic (exact) mass is 301 g/mol. The Kier molecular flexibility index (Phi) is 4.07. The molecule has 1 aromatic carbocycles. The highest BCUT2D eigenvalue weighted by molar-refractivity contribution is 8.13. The highest BCUT2D eigenvalue weighted by Crippen LogP contribution is 2.34. The van der Waals surface area contributed by atoms with Crippen LogP contribution in [-0.2, 0) is 9.05 Å². The van der Waals surface area contributed by atoms with Crippen molar-refractivity contribution in [2.75, 3.05) is 0 Å². The van der Waals surface area contributed by atoms with Gasteiger partial charge in [0.25, 0.3) is 14.7 Å². The Morgan fingerprint density at radius 1 is 1.44 bits per heavy atom. The Morgan fingerprint density at radius 3 is 2.39 bits per heavy atom. The van der Waals surface area contributed by atoms with Gasteiger partial charge in [0.15, 0.2) is 4.90 Å². The molecule has 1 aromatic rings. The second-order valence-electron chi connectivity index (χ2n) is 3.16. The van der Waals surface area contributed by atoms with E-state index in [2.05, 4.69) is 4.74 Å². The van der Waals surface area contributed by atoms with Crippen LogP contribution >= 0.6 is 10.7 Å². The molecule has 0 saturated heterocycles. The third-order valence-electron chi connectivity index (χ3n) is 1.89. The number of halogens is 3. The van der Waals surface area contributed by atoms with Crippen molar-refractivity contribution in [3.63, 3.8) is 0 Å². The summed E-state index contributed by atoms with van der Waals surface area (Å²) in [6, 6.07) is 1.50. The molecule has 0 aliphatic carbocycles. The van der Waals surface area contributed by atoms with E-state index in [0.29, 0.717) is 6.07 Å². The van der Waals surface area contributed by atoms with E-state index in [0.717, 1.165) is 6.07 Å². The van der Waals surface area contributed by atoms with E-state index in [4.69, 9.17) is 10.7 Å². The van der Waals surface area contributed by atoms with Gasteiger partial charge in [0, 0.05) is 10.7 Å². The molecule has 0 bridgehead atoms. The average molecular weight is 302 g/mol. The molecule has 6 nitrogen and oxygen atoms in total. The molecule has 0 atom stereocenters. The van der Waals surface area contributed by atoms with Gasteiger partial charge < -0.3 is 4.74 Å². The summed E-state index contributed by atoms with van der Waals surface area (Å²) in [4.78, 5) is 8.92. The molecule has 0 aliphatic heterocycles. The molecule has 0 heterocycles. The summed E-state index contributed by atoms with van der Waals surface area (Å²) >= 11 is 0. The fraction of sp³-hybridized carbons (Fsp3) is 0.250. The van der Waals surface area contributed by atoms with Gasteiger partial charge in [0.05, 0.1) is 11.0 Å². The molecule has 0 radical (unpaired) electrons. The van der Waals surface area contributed by atoms with E-state index in [-0.39, 0.29) is 5.56 Å². The minimum atomic E-state index is -4.37. The van der Waals surface area contributed by atoms with E-state index < -0.39 is 36.9 Å². The third kappa shape index (κ3) is 3.26. The van der Waals surface area contributed by atoms with Crippen LogP contribution in [0.1, 0.15) is 5.56 Å². The lowest BCUT2D eigenvalue weighted by Crippen LogP contribution is -2.06. The highest BCUT2D eigenvalue weighted by atomic mass is 35.7. The number of rotatable bonds is 4. The van der Waals surface area contributed by atoms with Crippen LogP contribution in [0.25, 0.3) is 0 Å². The van der Waals surface area contributed by atoms with Gasteiger partial charge in [-0.3, -0.25) is 10.1 Å². The molecule has 0 fully saturated rings. The summed E-state index contributed by atoms with van der Waals surface area (Å²) in [7, 11) is 0.683. The van der Waals surface area contributed by atoms with Crippen molar-refractivity contribution in [1.82, 2.24) is 0 Å². The van der Waals surface area contributed by atoms with Crippen molar-refractivity contribution in [2.24, 2.45) is 0 Å². The number of aryl methyl sites for hydroxylation is 1. The maximum absolute atomic E-state index is 12.0. The zero-order valence-corrected chi connectivity index (χ0v) is 10.3. The molecular weight excluding hydrogens is 296 g/mol. The highest BCUT2D eigenvalue weighted by Gasteiger charge is 2.28. The Bertz CT molecular complexity index is 589. The zero-order valence-electron chi connectivity index (χ0n) is 8.76. The van der Waals surface area contributed by atoms with Crippen LogP contribution in [0, 0.1) is 17.0 Å². The Morgan fingerprint density at radius 2 is 2.00 bits per heavy atom. The molecule has 0 N–H and O–H groups in total. The second kappa shape index (κ2) is 5.02. The zero-order chi connectivity index (χ0) is 14.1. The number of alkyl halides is 2. The molecule has 10 heteroatoms.